The summed E-state index contributed by atoms with van der Waals surface area (Å²) < 4.78 is 11.4. The molecule has 0 saturated carbocycles. The van der Waals surface area contributed by atoms with E-state index in [1.165, 1.54) is 7.11 Å². The van der Waals surface area contributed by atoms with Crippen LogP contribution >= 0.6 is 0 Å². The van der Waals surface area contributed by atoms with Gasteiger partial charge in [0.1, 0.15) is 6.10 Å². The lowest BCUT2D eigenvalue weighted by atomic mass is 9.98. The second-order valence-electron chi connectivity index (χ2n) is 5.30. The molecule has 1 aliphatic heterocycles. The predicted octanol–water partition coefficient (Wildman–Crippen LogP) is 0.905. The second kappa shape index (κ2) is 6.78. The number of carboxylic acids is 1. The van der Waals surface area contributed by atoms with Crippen LogP contribution in [-0.4, -0.2) is 55.9 Å². The van der Waals surface area contributed by atoms with Crippen LogP contribution in [0.1, 0.15) is 17.9 Å². The molecule has 1 saturated heterocycles. The molecule has 1 heterocycles. The molecule has 0 bridgehead atoms. The van der Waals surface area contributed by atoms with Gasteiger partial charge in [0.25, 0.3) is 0 Å². The molecule has 1 fully saturated rings. The summed E-state index contributed by atoms with van der Waals surface area (Å²) in [5.41, 5.74) is 6.13. The molecule has 21 heavy (non-hydrogen) atoms. The maximum Gasteiger partial charge on any atom is 0.312 e. The summed E-state index contributed by atoms with van der Waals surface area (Å²) in [6.45, 7) is 1.86. The van der Waals surface area contributed by atoms with E-state index in [0.717, 1.165) is 19.5 Å². The molecule has 2 rings (SSSR count). The number of rotatable bonds is 6. The van der Waals surface area contributed by atoms with Crippen LogP contribution in [0.3, 0.4) is 0 Å². The molecular weight excluding hydrogens is 272 g/mol. The molecule has 0 spiro atoms. The van der Waals surface area contributed by atoms with Crippen LogP contribution in [0.2, 0.25) is 0 Å². The summed E-state index contributed by atoms with van der Waals surface area (Å²) >= 11 is 0. The summed E-state index contributed by atoms with van der Waals surface area (Å²) in [5.74, 6) is -0.719. The van der Waals surface area contributed by atoms with E-state index in [0.29, 0.717) is 17.1 Å². The Labute approximate surface area is 124 Å². The molecular formula is C15H22N2O4. The molecule has 116 valence electrons. The number of hydrogen-bond donors (Lipinski definition) is 2. The van der Waals surface area contributed by atoms with E-state index < -0.39 is 11.9 Å². The van der Waals surface area contributed by atoms with Crippen molar-refractivity contribution in [3.05, 3.63) is 23.8 Å². The molecule has 1 aliphatic rings. The summed E-state index contributed by atoms with van der Waals surface area (Å²) in [6, 6.07) is 5.30. The number of para-hydroxylation sites is 1. The smallest absolute Gasteiger partial charge is 0.312 e. The number of carbonyl (C=O) groups is 1. The van der Waals surface area contributed by atoms with Gasteiger partial charge >= 0.3 is 5.97 Å². The van der Waals surface area contributed by atoms with Gasteiger partial charge < -0.3 is 25.2 Å². The lowest BCUT2D eigenvalue weighted by molar-refractivity contribution is -0.138. The molecule has 0 aliphatic carbocycles. The minimum atomic E-state index is -0.964. The number of likely N-dealkylation sites (tertiary alicyclic amines) is 1. The first-order valence-corrected chi connectivity index (χ1v) is 7.01. The van der Waals surface area contributed by atoms with Crippen molar-refractivity contribution < 1.29 is 19.4 Å². The van der Waals surface area contributed by atoms with E-state index in [-0.39, 0.29) is 12.6 Å². The van der Waals surface area contributed by atoms with Crippen molar-refractivity contribution in [2.75, 3.05) is 33.8 Å². The summed E-state index contributed by atoms with van der Waals surface area (Å²) in [5, 5.41) is 9.27. The topological polar surface area (TPSA) is 85.0 Å². The Morgan fingerprint density at radius 3 is 2.86 bits per heavy atom. The predicted molar refractivity (Wildman–Crippen MR) is 79.0 cm³/mol. The first-order chi connectivity index (χ1) is 10.1. The van der Waals surface area contributed by atoms with Crippen LogP contribution < -0.4 is 15.2 Å². The highest BCUT2D eigenvalue weighted by atomic mass is 16.5. The van der Waals surface area contributed by atoms with E-state index in [4.69, 9.17) is 15.2 Å². The molecule has 1 aromatic rings. The van der Waals surface area contributed by atoms with Crippen LogP contribution in [0.15, 0.2) is 18.2 Å². The Morgan fingerprint density at radius 2 is 2.33 bits per heavy atom. The van der Waals surface area contributed by atoms with Crippen LogP contribution in [0, 0.1) is 0 Å². The number of likely N-dealkylation sites (N-methyl/N-ethyl adjacent to an activating group) is 1. The lowest BCUT2D eigenvalue weighted by Crippen LogP contribution is -2.23. The van der Waals surface area contributed by atoms with Gasteiger partial charge in [0.15, 0.2) is 11.5 Å². The zero-order valence-corrected chi connectivity index (χ0v) is 12.4. The van der Waals surface area contributed by atoms with Gasteiger partial charge in [-0.05, 0) is 19.5 Å². The minimum Gasteiger partial charge on any atom is -0.493 e. The van der Waals surface area contributed by atoms with E-state index >= 15 is 0 Å². The van der Waals surface area contributed by atoms with Crippen molar-refractivity contribution in [2.45, 2.75) is 18.4 Å². The van der Waals surface area contributed by atoms with Crippen molar-refractivity contribution in [1.82, 2.24) is 4.90 Å². The number of hydrogen-bond acceptors (Lipinski definition) is 5. The molecule has 0 radical (unpaired) electrons. The van der Waals surface area contributed by atoms with Gasteiger partial charge in [-0.2, -0.15) is 0 Å². The Morgan fingerprint density at radius 1 is 1.57 bits per heavy atom. The second-order valence-corrected chi connectivity index (χ2v) is 5.30. The zero-order chi connectivity index (χ0) is 15.4. The Balaban J connectivity index is 2.27. The van der Waals surface area contributed by atoms with E-state index in [1.807, 2.05) is 7.05 Å². The van der Waals surface area contributed by atoms with Crippen molar-refractivity contribution in [3.8, 4) is 11.5 Å². The van der Waals surface area contributed by atoms with E-state index in [9.17, 15) is 9.90 Å². The van der Waals surface area contributed by atoms with Crippen molar-refractivity contribution >= 4 is 5.97 Å². The molecule has 3 N–H and O–H groups in total. The standard InChI is InChI=1S/C15H22N2O4/c1-17-7-6-10(9-17)21-13-5-3-4-11(14(13)20-2)12(8-16)15(18)19/h3-5,10,12H,6-9,16H2,1-2H3,(H,18,19). The van der Waals surface area contributed by atoms with Crippen molar-refractivity contribution in [3.63, 3.8) is 0 Å². The van der Waals surface area contributed by atoms with Crippen LogP contribution in [-0.2, 0) is 4.79 Å². The van der Waals surface area contributed by atoms with Crippen molar-refractivity contribution in [1.29, 1.82) is 0 Å². The molecule has 6 nitrogen and oxygen atoms in total. The van der Waals surface area contributed by atoms with Gasteiger partial charge in [-0.1, -0.05) is 12.1 Å². The number of benzene rings is 1. The average molecular weight is 294 g/mol. The molecule has 0 amide bonds. The third-order valence-corrected chi connectivity index (χ3v) is 3.76. The molecule has 2 unspecified atom stereocenters. The minimum absolute atomic E-state index is 0.0152. The molecule has 0 aromatic heterocycles. The zero-order valence-electron chi connectivity index (χ0n) is 12.4. The Kier molecular flexibility index (Phi) is 5.03. The first-order valence-electron chi connectivity index (χ1n) is 7.01. The number of ether oxygens (including phenoxy) is 2. The number of carboxylic acid groups (broad SMARTS) is 1. The van der Waals surface area contributed by atoms with Gasteiger partial charge in [0.05, 0.1) is 13.0 Å². The summed E-state index contributed by atoms with van der Waals surface area (Å²) in [7, 11) is 3.56. The fourth-order valence-corrected chi connectivity index (χ4v) is 2.65. The summed E-state index contributed by atoms with van der Waals surface area (Å²) in [6.07, 6.45) is 1.05. The van der Waals surface area contributed by atoms with Gasteiger partial charge in [-0.25, -0.2) is 0 Å². The largest absolute Gasteiger partial charge is 0.493 e. The average Bonchev–Trinajstić information content (AvgIpc) is 2.85. The van der Waals surface area contributed by atoms with Crippen LogP contribution in [0.25, 0.3) is 0 Å². The van der Waals surface area contributed by atoms with Crippen molar-refractivity contribution in [2.24, 2.45) is 5.73 Å². The summed E-state index contributed by atoms with van der Waals surface area (Å²) in [4.78, 5) is 13.5. The number of nitrogens with zero attached hydrogens (tertiary/aromatic N) is 1. The quantitative estimate of drug-likeness (QED) is 0.811. The van der Waals surface area contributed by atoms with E-state index in [1.54, 1.807) is 18.2 Å². The fraction of sp³-hybridized carbons (Fsp3) is 0.533. The number of methoxy groups -OCH3 is 1. The maximum absolute atomic E-state index is 11.3. The number of nitrogens with two attached hydrogens (primary N) is 1. The van der Waals surface area contributed by atoms with Gasteiger partial charge in [0, 0.05) is 25.2 Å². The molecule has 1 aromatic carbocycles. The third-order valence-electron chi connectivity index (χ3n) is 3.76. The van der Waals surface area contributed by atoms with Gasteiger partial charge in [-0.15, -0.1) is 0 Å². The normalized spacial score (nSPS) is 20.2. The Hall–Kier alpha value is -1.79. The van der Waals surface area contributed by atoms with Crippen LogP contribution in [0.4, 0.5) is 0 Å². The fourth-order valence-electron chi connectivity index (χ4n) is 2.65. The SMILES string of the molecule is COc1c(OC2CCN(C)C2)cccc1C(CN)C(=O)O. The molecule has 6 heteroatoms. The monoisotopic (exact) mass is 294 g/mol. The lowest BCUT2D eigenvalue weighted by Gasteiger charge is -2.20. The number of aliphatic carboxylic acids is 1. The maximum atomic E-state index is 11.3. The van der Waals surface area contributed by atoms with E-state index in [2.05, 4.69) is 4.90 Å². The highest BCUT2D eigenvalue weighted by molar-refractivity contribution is 5.78. The third kappa shape index (κ3) is 3.46. The molecule has 2 atom stereocenters. The highest BCUT2D eigenvalue weighted by Crippen LogP contribution is 2.36. The van der Waals surface area contributed by atoms with Gasteiger partial charge in [-0.3, -0.25) is 4.79 Å². The van der Waals surface area contributed by atoms with Gasteiger partial charge in [0.2, 0.25) is 0 Å². The Bertz CT molecular complexity index is 506. The highest BCUT2D eigenvalue weighted by Gasteiger charge is 2.26. The first kappa shape index (κ1) is 15.6. The van der Waals surface area contributed by atoms with Crippen LogP contribution in [0.5, 0.6) is 11.5 Å².